The van der Waals surface area contributed by atoms with Crippen molar-refractivity contribution in [1.82, 2.24) is 10.3 Å². The van der Waals surface area contributed by atoms with Crippen LogP contribution in [0.1, 0.15) is 24.1 Å². The summed E-state index contributed by atoms with van der Waals surface area (Å²) in [4.78, 5) is 4.11. The van der Waals surface area contributed by atoms with Gasteiger partial charge in [-0.1, -0.05) is 30.7 Å². The SMILES string of the molecule is CCNC(Cc1ccc(Cl)cc1F)c1cccnc1. The fourth-order valence-corrected chi connectivity index (χ4v) is 2.20. The number of halogens is 2. The van der Waals surface area contributed by atoms with E-state index in [9.17, 15) is 4.39 Å². The molecule has 1 unspecified atom stereocenters. The summed E-state index contributed by atoms with van der Waals surface area (Å²) in [5, 5.41) is 3.77. The van der Waals surface area contributed by atoms with Gasteiger partial charge in [-0.05, 0) is 42.3 Å². The van der Waals surface area contributed by atoms with Crippen LogP contribution in [-0.2, 0) is 6.42 Å². The predicted molar refractivity (Wildman–Crippen MR) is 75.8 cm³/mol. The van der Waals surface area contributed by atoms with Crippen molar-refractivity contribution in [2.75, 3.05) is 6.54 Å². The van der Waals surface area contributed by atoms with E-state index in [2.05, 4.69) is 10.3 Å². The van der Waals surface area contributed by atoms with Gasteiger partial charge in [0.05, 0.1) is 0 Å². The Hall–Kier alpha value is -1.45. The molecule has 0 fully saturated rings. The molecule has 1 aromatic carbocycles. The second-order valence-electron chi connectivity index (χ2n) is 4.34. The Bertz CT molecular complexity index is 531. The highest BCUT2D eigenvalue weighted by atomic mass is 35.5. The normalized spacial score (nSPS) is 12.4. The molecule has 2 aromatic rings. The molecule has 0 radical (unpaired) electrons. The van der Waals surface area contributed by atoms with E-state index in [1.54, 1.807) is 24.5 Å². The van der Waals surface area contributed by atoms with E-state index in [1.165, 1.54) is 6.07 Å². The second kappa shape index (κ2) is 6.64. The molecule has 0 aliphatic carbocycles. The maximum Gasteiger partial charge on any atom is 0.127 e. The summed E-state index contributed by atoms with van der Waals surface area (Å²) in [7, 11) is 0. The van der Waals surface area contributed by atoms with Crippen LogP contribution in [0.25, 0.3) is 0 Å². The minimum Gasteiger partial charge on any atom is -0.310 e. The van der Waals surface area contributed by atoms with Gasteiger partial charge in [0.15, 0.2) is 0 Å². The van der Waals surface area contributed by atoms with Crippen LogP contribution >= 0.6 is 11.6 Å². The van der Waals surface area contributed by atoms with Gasteiger partial charge in [0.1, 0.15) is 5.82 Å². The largest absolute Gasteiger partial charge is 0.310 e. The van der Waals surface area contributed by atoms with E-state index < -0.39 is 0 Å². The van der Waals surface area contributed by atoms with Crippen LogP contribution in [0.5, 0.6) is 0 Å². The Kier molecular flexibility index (Phi) is 4.88. The van der Waals surface area contributed by atoms with E-state index in [1.807, 2.05) is 19.1 Å². The lowest BCUT2D eigenvalue weighted by atomic mass is 10.00. The molecular formula is C15H16ClFN2. The lowest BCUT2D eigenvalue weighted by molar-refractivity contribution is 0.527. The van der Waals surface area contributed by atoms with Gasteiger partial charge in [0, 0.05) is 23.5 Å². The van der Waals surface area contributed by atoms with Crippen molar-refractivity contribution in [1.29, 1.82) is 0 Å². The van der Waals surface area contributed by atoms with Crippen LogP contribution in [-0.4, -0.2) is 11.5 Å². The Labute approximate surface area is 117 Å². The highest BCUT2D eigenvalue weighted by Gasteiger charge is 2.13. The molecule has 4 heteroatoms. The third-order valence-corrected chi connectivity index (χ3v) is 3.21. The average Bonchev–Trinajstić information content (AvgIpc) is 2.42. The number of benzene rings is 1. The first-order valence-corrected chi connectivity index (χ1v) is 6.65. The molecule has 1 heterocycles. The van der Waals surface area contributed by atoms with Crippen LogP contribution in [0.15, 0.2) is 42.7 Å². The number of nitrogens with zero attached hydrogens (tertiary/aromatic N) is 1. The summed E-state index contributed by atoms with van der Waals surface area (Å²) in [6.45, 7) is 2.84. The molecule has 0 amide bonds. The van der Waals surface area contributed by atoms with Crippen molar-refractivity contribution in [3.8, 4) is 0 Å². The Morgan fingerprint density at radius 2 is 2.21 bits per heavy atom. The summed E-state index contributed by atoms with van der Waals surface area (Å²) in [5.74, 6) is -0.265. The number of nitrogens with one attached hydrogen (secondary N) is 1. The zero-order chi connectivity index (χ0) is 13.7. The van der Waals surface area contributed by atoms with Crippen molar-refractivity contribution >= 4 is 11.6 Å². The smallest absolute Gasteiger partial charge is 0.127 e. The zero-order valence-electron chi connectivity index (χ0n) is 10.7. The van der Waals surface area contributed by atoms with Crippen LogP contribution in [0.2, 0.25) is 5.02 Å². The van der Waals surface area contributed by atoms with Crippen molar-refractivity contribution in [2.45, 2.75) is 19.4 Å². The molecule has 1 atom stereocenters. The second-order valence-corrected chi connectivity index (χ2v) is 4.77. The quantitative estimate of drug-likeness (QED) is 0.901. The van der Waals surface area contributed by atoms with Crippen LogP contribution in [0.4, 0.5) is 4.39 Å². The van der Waals surface area contributed by atoms with Gasteiger partial charge in [-0.3, -0.25) is 4.98 Å². The predicted octanol–water partition coefficient (Wildman–Crippen LogP) is 3.77. The monoisotopic (exact) mass is 278 g/mol. The van der Waals surface area contributed by atoms with E-state index in [4.69, 9.17) is 11.6 Å². The zero-order valence-corrected chi connectivity index (χ0v) is 11.5. The van der Waals surface area contributed by atoms with E-state index in [-0.39, 0.29) is 11.9 Å². The molecule has 2 rings (SSSR count). The van der Waals surface area contributed by atoms with Crippen molar-refractivity contribution in [2.24, 2.45) is 0 Å². The number of pyridine rings is 1. The van der Waals surface area contributed by atoms with Crippen molar-refractivity contribution in [3.05, 3.63) is 64.7 Å². The first-order chi connectivity index (χ1) is 9.20. The molecule has 0 saturated carbocycles. The highest BCUT2D eigenvalue weighted by Crippen LogP contribution is 2.21. The summed E-state index contributed by atoms with van der Waals surface area (Å²) < 4.78 is 13.8. The number of hydrogen-bond acceptors (Lipinski definition) is 2. The molecule has 0 bridgehead atoms. The summed E-state index contributed by atoms with van der Waals surface area (Å²) >= 11 is 5.77. The number of hydrogen-bond donors (Lipinski definition) is 1. The lowest BCUT2D eigenvalue weighted by Gasteiger charge is -2.18. The third kappa shape index (κ3) is 3.75. The Morgan fingerprint density at radius 1 is 1.37 bits per heavy atom. The molecule has 1 aromatic heterocycles. The fraction of sp³-hybridized carbons (Fsp3) is 0.267. The number of likely N-dealkylation sites (N-methyl/N-ethyl adjacent to an activating group) is 1. The molecular weight excluding hydrogens is 263 g/mol. The van der Waals surface area contributed by atoms with E-state index in [0.717, 1.165) is 12.1 Å². The lowest BCUT2D eigenvalue weighted by Crippen LogP contribution is -2.23. The highest BCUT2D eigenvalue weighted by molar-refractivity contribution is 6.30. The van der Waals surface area contributed by atoms with Crippen LogP contribution in [0, 0.1) is 5.82 Å². The van der Waals surface area contributed by atoms with E-state index in [0.29, 0.717) is 17.0 Å². The van der Waals surface area contributed by atoms with Crippen LogP contribution in [0.3, 0.4) is 0 Å². The first kappa shape index (κ1) is 14.0. The van der Waals surface area contributed by atoms with Gasteiger partial charge in [0.25, 0.3) is 0 Å². The number of rotatable bonds is 5. The summed E-state index contributed by atoms with van der Waals surface area (Å²) in [6.07, 6.45) is 4.11. The molecule has 0 saturated heterocycles. The maximum atomic E-state index is 13.8. The molecule has 0 aliphatic rings. The molecule has 1 N–H and O–H groups in total. The van der Waals surface area contributed by atoms with Gasteiger partial charge >= 0.3 is 0 Å². The van der Waals surface area contributed by atoms with Gasteiger partial charge in [-0.2, -0.15) is 0 Å². The third-order valence-electron chi connectivity index (χ3n) is 2.98. The number of aromatic nitrogens is 1. The van der Waals surface area contributed by atoms with Crippen molar-refractivity contribution < 1.29 is 4.39 Å². The van der Waals surface area contributed by atoms with Gasteiger partial charge < -0.3 is 5.32 Å². The molecule has 0 aliphatic heterocycles. The van der Waals surface area contributed by atoms with E-state index >= 15 is 0 Å². The minimum atomic E-state index is -0.265. The van der Waals surface area contributed by atoms with Crippen LogP contribution < -0.4 is 5.32 Å². The molecule has 100 valence electrons. The standard InChI is InChI=1S/C15H16ClFN2/c1-2-19-15(12-4-3-7-18-10-12)8-11-5-6-13(16)9-14(11)17/h3-7,9-10,15,19H,2,8H2,1H3. The van der Waals surface area contributed by atoms with Gasteiger partial charge in [-0.25, -0.2) is 4.39 Å². The molecule has 0 spiro atoms. The summed E-state index contributed by atoms with van der Waals surface area (Å²) in [6, 6.07) is 8.73. The van der Waals surface area contributed by atoms with Gasteiger partial charge in [-0.15, -0.1) is 0 Å². The minimum absolute atomic E-state index is 0.0503. The maximum absolute atomic E-state index is 13.8. The van der Waals surface area contributed by atoms with Crippen molar-refractivity contribution in [3.63, 3.8) is 0 Å². The Morgan fingerprint density at radius 3 is 2.84 bits per heavy atom. The topological polar surface area (TPSA) is 24.9 Å². The Balaban J connectivity index is 2.21. The fourth-order valence-electron chi connectivity index (χ4n) is 2.04. The average molecular weight is 279 g/mol. The molecule has 19 heavy (non-hydrogen) atoms. The van der Waals surface area contributed by atoms with Gasteiger partial charge in [0.2, 0.25) is 0 Å². The summed E-state index contributed by atoms with van der Waals surface area (Å²) in [5.41, 5.74) is 1.71. The molecule has 2 nitrogen and oxygen atoms in total. The first-order valence-electron chi connectivity index (χ1n) is 6.28.